The van der Waals surface area contributed by atoms with Crippen LogP contribution in [0.25, 0.3) is 109 Å². The second kappa shape index (κ2) is 11.0. The number of hydrogen-bond acceptors (Lipinski definition) is 4. The molecule has 11 rings (SSSR count). The van der Waals surface area contributed by atoms with Crippen LogP contribution in [-0.4, -0.2) is 15.0 Å². The Balaban J connectivity index is 1.18. The predicted octanol–water partition coefficient (Wildman–Crippen LogP) is 12.9. The number of nitrogens with zero attached hydrogens (tertiary/aromatic N) is 3. The van der Waals surface area contributed by atoms with Crippen LogP contribution >= 0.6 is 11.3 Å². The molecule has 0 fully saturated rings. The topological polar surface area (TPSA) is 38.7 Å². The lowest BCUT2D eigenvalue weighted by Gasteiger charge is -2.13. The van der Waals surface area contributed by atoms with E-state index in [0.717, 1.165) is 38.6 Å². The SMILES string of the molecule is c1ccc(-c2cc(-c3nc(-c4ccccc4)nc(-c4cccc5sc6cc7c(cc6c45)-c4cccc5cccc-7c45)n3)c3ccccc3c2)cc1. The fourth-order valence-electron chi connectivity index (χ4n) is 7.92. The second-order valence-corrected chi connectivity index (χ2v) is 14.3. The largest absolute Gasteiger partial charge is 0.208 e. The lowest BCUT2D eigenvalue weighted by Crippen LogP contribution is -2.01. The summed E-state index contributed by atoms with van der Waals surface area (Å²) in [6.07, 6.45) is 0. The van der Waals surface area contributed by atoms with Crippen molar-refractivity contribution in [1.82, 2.24) is 15.0 Å². The van der Waals surface area contributed by atoms with Gasteiger partial charge in [-0.25, -0.2) is 15.0 Å². The van der Waals surface area contributed by atoms with E-state index in [2.05, 4.69) is 146 Å². The first kappa shape index (κ1) is 28.4. The van der Waals surface area contributed by atoms with Gasteiger partial charge >= 0.3 is 0 Å². The van der Waals surface area contributed by atoms with Crippen LogP contribution < -0.4 is 0 Å². The maximum Gasteiger partial charge on any atom is 0.164 e. The highest BCUT2D eigenvalue weighted by atomic mass is 32.1. The number of aromatic nitrogens is 3. The van der Waals surface area contributed by atoms with E-state index >= 15 is 0 Å². The summed E-state index contributed by atoms with van der Waals surface area (Å²) in [5, 5.41) is 7.29. The Bertz CT molecular complexity index is 3010. The van der Waals surface area contributed by atoms with Crippen LogP contribution in [-0.2, 0) is 0 Å². The Morgan fingerprint density at radius 3 is 1.71 bits per heavy atom. The van der Waals surface area contributed by atoms with Crippen molar-refractivity contribution in [2.24, 2.45) is 0 Å². The fraction of sp³-hybridized carbons (Fsp3) is 0. The maximum atomic E-state index is 5.34. The molecule has 0 saturated carbocycles. The van der Waals surface area contributed by atoms with Gasteiger partial charge in [0, 0.05) is 36.9 Å². The van der Waals surface area contributed by atoms with E-state index < -0.39 is 0 Å². The van der Waals surface area contributed by atoms with Crippen LogP contribution in [0.1, 0.15) is 0 Å². The summed E-state index contributed by atoms with van der Waals surface area (Å²) < 4.78 is 2.48. The molecule has 8 aromatic carbocycles. The first-order valence-corrected chi connectivity index (χ1v) is 18.0. The molecule has 0 bridgehead atoms. The van der Waals surface area contributed by atoms with Gasteiger partial charge in [-0.2, -0.15) is 0 Å². The van der Waals surface area contributed by atoms with Crippen molar-refractivity contribution in [3.8, 4) is 67.5 Å². The summed E-state index contributed by atoms with van der Waals surface area (Å²) in [6, 6.07) is 58.4. The quantitative estimate of drug-likeness (QED) is 0.188. The minimum absolute atomic E-state index is 0.657. The van der Waals surface area contributed by atoms with Gasteiger partial charge in [0.1, 0.15) is 0 Å². The molecule has 10 aromatic rings. The molecule has 0 spiro atoms. The van der Waals surface area contributed by atoms with Gasteiger partial charge in [0.2, 0.25) is 0 Å². The van der Waals surface area contributed by atoms with Crippen molar-refractivity contribution in [2.75, 3.05) is 0 Å². The molecule has 0 amide bonds. The predicted molar refractivity (Wildman–Crippen MR) is 214 cm³/mol. The normalized spacial score (nSPS) is 11.9. The van der Waals surface area contributed by atoms with Gasteiger partial charge in [-0.15, -0.1) is 11.3 Å². The van der Waals surface area contributed by atoms with Crippen molar-refractivity contribution in [2.45, 2.75) is 0 Å². The third-order valence-corrected chi connectivity index (χ3v) is 11.4. The number of hydrogen-bond donors (Lipinski definition) is 0. The highest BCUT2D eigenvalue weighted by Gasteiger charge is 2.24. The summed E-state index contributed by atoms with van der Waals surface area (Å²) in [7, 11) is 0. The summed E-state index contributed by atoms with van der Waals surface area (Å²) in [6.45, 7) is 0. The van der Waals surface area contributed by atoms with E-state index in [1.54, 1.807) is 0 Å². The number of rotatable bonds is 4. The van der Waals surface area contributed by atoms with Crippen molar-refractivity contribution < 1.29 is 0 Å². The summed E-state index contributed by atoms with van der Waals surface area (Å²) in [5.41, 5.74) is 10.4. The molecule has 236 valence electrons. The zero-order chi connectivity index (χ0) is 33.5. The van der Waals surface area contributed by atoms with E-state index in [4.69, 9.17) is 15.0 Å². The molecule has 1 aliphatic rings. The fourth-order valence-corrected chi connectivity index (χ4v) is 9.07. The molecular formula is C47H27N3S. The third-order valence-electron chi connectivity index (χ3n) is 10.2. The lowest BCUT2D eigenvalue weighted by atomic mass is 9.96. The summed E-state index contributed by atoms with van der Waals surface area (Å²) in [4.78, 5) is 15.7. The zero-order valence-corrected chi connectivity index (χ0v) is 28.2. The van der Waals surface area contributed by atoms with E-state index in [9.17, 15) is 0 Å². The van der Waals surface area contributed by atoms with Gasteiger partial charge in [0.25, 0.3) is 0 Å². The number of fused-ring (bicyclic) bond motifs is 7. The average Bonchev–Trinajstić information content (AvgIpc) is 3.73. The standard InChI is InChI=1S/C47H27N3S/c1-3-12-28(13-4-1)32-24-31-16-7-8-19-33(31)39(25-32)47-49-45(30-14-5-2-6-15-30)48-46(50-47)36-22-11-23-41-44(36)40-26-37-34-20-9-17-29-18-10-21-35(43(29)34)38(37)27-42(40)51-41/h1-27H. The van der Waals surface area contributed by atoms with Gasteiger partial charge < -0.3 is 0 Å². The molecule has 0 N–H and O–H groups in total. The molecule has 3 nitrogen and oxygen atoms in total. The molecule has 0 aliphatic heterocycles. The smallest absolute Gasteiger partial charge is 0.164 e. The Labute approximate surface area is 298 Å². The number of thiophene rings is 1. The average molecular weight is 666 g/mol. The highest BCUT2D eigenvalue weighted by Crippen LogP contribution is 2.51. The van der Waals surface area contributed by atoms with Crippen LogP contribution in [0.2, 0.25) is 0 Å². The van der Waals surface area contributed by atoms with Crippen molar-refractivity contribution >= 4 is 53.1 Å². The molecule has 2 heterocycles. The zero-order valence-electron chi connectivity index (χ0n) is 27.3. The van der Waals surface area contributed by atoms with Gasteiger partial charge in [-0.05, 0) is 85.3 Å². The molecule has 0 radical (unpaired) electrons. The lowest BCUT2D eigenvalue weighted by molar-refractivity contribution is 1.08. The first-order chi connectivity index (χ1) is 25.3. The molecular weight excluding hydrogens is 639 g/mol. The molecule has 51 heavy (non-hydrogen) atoms. The monoisotopic (exact) mass is 665 g/mol. The van der Waals surface area contributed by atoms with Crippen LogP contribution in [0.15, 0.2) is 164 Å². The minimum atomic E-state index is 0.657. The van der Waals surface area contributed by atoms with Gasteiger partial charge in [0.15, 0.2) is 17.5 Å². The van der Waals surface area contributed by atoms with Crippen LogP contribution in [0.4, 0.5) is 0 Å². The molecule has 0 atom stereocenters. The molecule has 2 aromatic heterocycles. The molecule has 1 aliphatic carbocycles. The Kier molecular flexibility index (Phi) is 6.12. The van der Waals surface area contributed by atoms with E-state index in [1.165, 1.54) is 53.2 Å². The second-order valence-electron chi connectivity index (χ2n) is 13.2. The summed E-state index contributed by atoms with van der Waals surface area (Å²) in [5.74, 6) is 1.99. The van der Waals surface area contributed by atoms with E-state index in [-0.39, 0.29) is 0 Å². The van der Waals surface area contributed by atoms with Gasteiger partial charge in [0.05, 0.1) is 0 Å². The van der Waals surface area contributed by atoms with Gasteiger partial charge in [-0.1, -0.05) is 133 Å². The van der Waals surface area contributed by atoms with E-state index in [1.807, 2.05) is 29.5 Å². The van der Waals surface area contributed by atoms with Crippen LogP contribution in [0.5, 0.6) is 0 Å². The van der Waals surface area contributed by atoms with Crippen LogP contribution in [0.3, 0.4) is 0 Å². The summed E-state index contributed by atoms with van der Waals surface area (Å²) >= 11 is 1.84. The third kappa shape index (κ3) is 4.40. The van der Waals surface area contributed by atoms with Gasteiger partial charge in [-0.3, -0.25) is 0 Å². The highest BCUT2D eigenvalue weighted by molar-refractivity contribution is 7.26. The molecule has 4 heteroatoms. The minimum Gasteiger partial charge on any atom is -0.208 e. The Morgan fingerprint density at radius 2 is 0.922 bits per heavy atom. The Hall–Kier alpha value is -6.49. The first-order valence-electron chi connectivity index (χ1n) is 17.2. The molecule has 0 saturated heterocycles. The maximum absolute atomic E-state index is 5.34. The van der Waals surface area contributed by atoms with Crippen molar-refractivity contribution in [1.29, 1.82) is 0 Å². The van der Waals surface area contributed by atoms with Crippen molar-refractivity contribution in [3.63, 3.8) is 0 Å². The Morgan fingerprint density at radius 1 is 0.314 bits per heavy atom. The molecule has 0 unspecified atom stereocenters. The van der Waals surface area contributed by atoms with E-state index in [0.29, 0.717) is 17.5 Å². The number of benzene rings is 8. The van der Waals surface area contributed by atoms with Crippen LogP contribution in [0, 0.1) is 0 Å². The van der Waals surface area contributed by atoms with Crippen molar-refractivity contribution in [3.05, 3.63) is 164 Å².